The molecule has 0 aromatic rings. The molecular formula is C15H29NO3Si. The second kappa shape index (κ2) is 7.23. The summed E-state index contributed by atoms with van der Waals surface area (Å²) in [5.41, 5.74) is 0. The molecule has 0 aliphatic heterocycles. The van der Waals surface area contributed by atoms with Gasteiger partial charge in [0.1, 0.15) is 6.10 Å². The molecule has 5 heteroatoms. The highest BCUT2D eigenvalue weighted by Gasteiger charge is 2.40. The van der Waals surface area contributed by atoms with E-state index in [9.17, 15) is 10.1 Å². The Labute approximate surface area is 124 Å². The Morgan fingerprint density at radius 3 is 2.10 bits per heavy atom. The van der Waals surface area contributed by atoms with Crippen molar-refractivity contribution >= 4 is 14.3 Å². The highest BCUT2D eigenvalue weighted by atomic mass is 28.4. The third-order valence-corrected chi connectivity index (χ3v) is 8.65. The average Bonchev–Trinajstić information content (AvgIpc) is 2.31. The molecular weight excluding hydrogens is 270 g/mol. The summed E-state index contributed by atoms with van der Waals surface area (Å²) in [6.45, 7) is 14.5. The van der Waals surface area contributed by atoms with E-state index in [0.29, 0.717) is 6.42 Å². The first-order valence-corrected chi connectivity index (χ1v) is 10.0. The number of methoxy groups -OCH3 is 1. The number of nitrogens with zero attached hydrogens (tertiary/aromatic N) is 1. The van der Waals surface area contributed by atoms with Crippen LogP contribution >= 0.6 is 0 Å². The molecule has 0 aromatic carbocycles. The van der Waals surface area contributed by atoms with Crippen molar-refractivity contribution < 1.29 is 14.0 Å². The lowest BCUT2D eigenvalue weighted by molar-refractivity contribution is -0.147. The number of ether oxygens (including phenoxy) is 1. The maximum Gasteiger partial charge on any atom is 0.309 e. The lowest BCUT2D eigenvalue weighted by Crippen LogP contribution is -2.44. The first-order valence-electron chi connectivity index (χ1n) is 7.11. The zero-order valence-corrected chi connectivity index (χ0v) is 15.1. The van der Waals surface area contributed by atoms with Crippen LogP contribution in [0.3, 0.4) is 0 Å². The van der Waals surface area contributed by atoms with E-state index in [1.54, 1.807) is 0 Å². The summed E-state index contributed by atoms with van der Waals surface area (Å²) in [4.78, 5) is 11.8. The number of carbonyl (C=O) groups is 1. The van der Waals surface area contributed by atoms with Crippen LogP contribution < -0.4 is 0 Å². The Morgan fingerprint density at radius 1 is 1.30 bits per heavy atom. The van der Waals surface area contributed by atoms with Crippen molar-refractivity contribution in [3.63, 3.8) is 0 Å². The molecule has 0 aliphatic rings. The molecule has 0 amide bonds. The first kappa shape index (κ1) is 19.1. The fourth-order valence-electron chi connectivity index (χ4n) is 1.68. The van der Waals surface area contributed by atoms with Gasteiger partial charge < -0.3 is 9.16 Å². The second-order valence-electron chi connectivity index (χ2n) is 7.11. The number of carbonyl (C=O) groups excluding carboxylic acids is 1. The SMILES string of the molecule is COC(=O)C(CC(C#N)O[Si](C)(C)C(C)(C)C)C(C)C. The van der Waals surface area contributed by atoms with Crippen molar-refractivity contribution in [2.24, 2.45) is 11.8 Å². The highest BCUT2D eigenvalue weighted by molar-refractivity contribution is 6.74. The number of nitriles is 1. The van der Waals surface area contributed by atoms with Crippen molar-refractivity contribution in [3.8, 4) is 6.07 Å². The standard InChI is InChI=1S/C15H29NO3Si/c1-11(2)13(14(17)18-6)9-12(10-16)19-20(7,8)15(3,4)5/h11-13H,9H2,1-8H3. The van der Waals surface area contributed by atoms with Gasteiger partial charge in [0, 0.05) is 0 Å². The van der Waals surface area contributed by atoms with Crippen molar-refractivity contribution in [2.75, 3.05) is 7.11 Å². The van der Waals surface area contributed by atoms with Crippen molar-refractivity contribution in [2.45, 2.75) is 65.3 Å². The highest BCUT2D eigenvalue weighted by Crippen LogP contribution is 2.38. The predicted molar refractivity (Wildman–Crippen MR) is 82.6 cm³/mol. The third-order valence-electron chi connectivity index (χ3n) is 4.16. The van der Waals surface area contributed by atoms with Crippen LogP contribution in [-0.2, 0) is 14.0 Å². The molecule has 0 rings (SSSR count). The van der Waals surface area contributed by atoms with Gasteiger partial charge in [-0.3, -0.25) is 4.79 Å². The summed E-state index contributed by atoms with van der Waals surface area (Å²) < 4.78 is 10.9. The number of rotatable bonds is 6. The summed E-state index contributed by atoms with van der Waals surface area (Å²) in [6, 6.07) is 2.20. The molecule has 0 N–H and O–H groups in total. The molecule has 0 aliphatic carbocycles. The Bertz CT molecular complexity index is 366. The second-order valence-corrected chi connectivity index (χ2v) is 11.9. The largest absolute Gasteiger partial charge is 0.469 e. The molecule has 2 unspecified atom stereocenters. The minimum atomic E-state index is -2.01. The lowest BCUT2D eigenvalue weighted by atomic mass is 9.90. The first-order chi connectivity index (χ1) is 8.96. The van der Waals surface area contributed by atoms with Gasteiger partial charge in [-0.25, -0.2) is 0 Å². The quantitative estimate of drug-likeness (QED) is 0.554. The van der Waals surface area contributed by atoms with E-state index >= 15 is 0 Å². The van der Waals surface area contributed by atoms with Crippen LogP contribution in [0.25, 0.3) is 0 Å². The van der Waals surface area contributed by atoms with E-state index < -0.39 is 14.4 Å². The van der Waals surface area contributed by atoms with Crippen LogP contribution in [-0.4, -0.2) is 27.5 Å². The van der Waals surface area contributed by atoms with Gasteiger partial charge in [0.05, 0.1) is 19.1 Å². The Balaban J connectivity index is 4.95. The van der Waals surface area contributed by atoms with Crippen LogP contribution in [0.1, 0.15) is 41.0 Å². The smallest absolute Gasteiger partial charge is 0.309 e. The number of hydrogen-bond acceptors (Lipinski definition) is 4. The van der Waals surface area contributed by atoms with Gasteiger partial charge in [0.25, 0.3) is 0 Å². The molecule has 0 saturated carbocycles. The normalized spacial score (nSPS) is 15.6. The number of hydrogen-bond donors (Lipinski definition) is 0. The van der Waals surface area contributed by atoms with E-state index in [4.69, 9.17) is 9.16 Å². The summed E-state index contributed by atoms with van der Waals surface area (Å²) in [7, 11) is -0.627. The number of esters is 1. The van der Waals surface area contributed by atoms with Crippen molar-refractivity contribution in [1.82, 2.24) is 0 Å². The van der Waals surface area contributed by atoms with Gasteiger partial charge in [0.15, 0.2) is 8.32 Å². The lowest BCUT2D eigenvalue weighted by Gasteiger charge is -2.38. The Kier molecular flexibility index (Phi) is 6.92. The minimum Gasteiger partial charge on any atom is -0.469 e. The van der Waals surface area contributed by atoms with Crippen molar-refractivity contribution in [3.05, 3.63) is 0 Å². The maximum atomic E-state index is 11.8. The van der Waals surface area contributed by atoms with Crippen LogP contribution in [0, 0.1) is 23.2 Å². The van der Waals surface area contributed by atoms with Gasteiger partial charge in [-0.2, -0.15) is 5.26 Å². The maximum absolute atomic E-state index is 11.8. The molecule has 116 valence electrons. The fraction of sp³-hybridized carbons (Fsp3) is 0.867. The van der Waals surface area contributed by atoms with Crippen LogP contribution in [0.15, 0.2) is 0 Å². The molecule has 0 spiro atoms. The van der Waals surface area contributed by atoms with E-state index in [0.717, 1.165) is 0 Å². The molecule has 20 heavy (non-hydrogen) atoms. The fourth-order valence-corrected chi connectivity index (χ4v) is 2.90. The van der Waals surface area contributed by atoms with E-state index in [1.165, 1.54) is 7.11 Å². The summed E-state index contributed by atoms with van der Waals surface area (Å²) in [6.07, 6.45) is -0.157. The molecule has 0 fully saturated rings. The monoisotopic (exact) mass is 299 g/mol. The third kappa shape index (κ3) is 5.26. The Morgan fingerprint density at radius 2 is 1.80 bits per heavy atom. The molecule has 4 nitrogen and oxygen atoms in total. The van der Waals surface area contributed by atoms with Crippen LogP contribution in [0.4, 0.5) is 0 Å². The van der Waals surface area contributed by atoms with Gasteiger partial charge in [0.2, 0.25) is 0 Å². The minimum absolute atomic E-state index is 0.0424. The molecule has 0 heterocycles. The van der Waals surface area contributed by atoms with Gasteiger partial charge in [-0.05, 0) is 30.5 Å². The Hall–Kier alpha value is -0.863. The summed E-state index contributed by atoms with van der Waals surface area (Å²) in [5, 5.41) is 9.38. The average molecular weight is 299 g/mol. The van der Waals surface area contributed by atoms with E-state index in [-0.39, 0.29) is 22.8 Å². The summed E-state index contributed by atoms with van der Waals surface area (Å²) in [5.74, 6) is -0.435. The van der Waals surface area contributed by atoms with Gasteiger partial charge in [-0.1, -0.05) is 34.6 Å². The predicted octanol–water partition coefficient (Wildman–Crippen LogP) is 3.74. The molecule has 2 atom stereocenters. The van der Waals surface area contributed by atoms with Crippen LogP contribution in [0.2, 0.25) is 18.1 Å². The van der Waals surface area contributed by atoms with Gasteiger partial charge >= 0.3 is 5.97 Å². The molecule has 0 aromatic heterocycles. The zero-order chi connectivity index (χ0) is 16.1. The van der Waals surface area contributed by atoms with Crippen molar-refractivity contribution in [1.29, 1.82) is 5.26 Å². The van der Waals surface area contributed by atoms with Gasteiger partial charge in [-0.15, -0.1) is 0 Å². The molecule has 0 radical (unpaired) electrons. The molecule has 0 bridgehead atoms. The van der Waals surface area contributed by atoms with E-state index in [1.807, 2.05) is 13.8 Å². The summed E-state index contributed by atoms with van der Waals surface area (Å²) >= 11 is 0. The zero-order valence-electron chi connectivity index (χ0n) is 14.1. The van der Waals surface area contributed by atoms with E-state index in [2.05, 4.69) is 39.9 Å². The topological polar surface area (TPSA) is 59.3 Å². The molecule has 0 saturated heterocycles. The van der Waals surface area contributed by atoms with Crippen LogP contribution in [0.5, 0.6) is 0 Å².